The third kappa shape index (κ3) is 3.33. The van der Waals surface area contributed by atoms with Crippen LogP contribution in [0.2, 0.25) is 0 Å². The van der Waals surface area contributed by atoms with Crippen LogP contribution in [0.15, 0.2) is 24.3 Å². The molecule has 1 aliphatic rings. The molecule has 1 aromatic carbocycles. The molecule has 0 spiro atoms. The number of likely N-dealkylation sites (tertiary alicyclic amines) is 1. The van der Waals surface area contributed by atoms with E-state index >= 15 is 0 Å². The lowest BCUT2D eigenvalue weighted by Crippen LogP contribution is -2.39. The van der Waals surface area contributed by atoms with Gasteiger partial charge in [0, 0.05) is 13.1 Å². The van der Waals surface area contributed by atoms with Crippen LogP contribution in [0.4, 0.5) is 0 Å². The predicted octanol–water partition coefficient (Wildman–Crippen LogP) is 3.01. The minimum atomic E-state index is -0.861. The number of benzene rings is 1. The Bertz CT molecular complexity index is 423. The van der Waals surface area contributed by atoms with Crippen molar-refractivity contribution < 1.29 is 9.90 Å². The summed E-state index contributed by atoms with van der Waals surface area (Å²) in [5, 5.41) is 8.86. The molecule has 1 saturated heterocycles. The summed E-state index contributed by atoms with van der Waals surface area (Å²) < 4.78 is 0. The maximum Gasteiger partial charge on any atom is 0.335 e. The summed E-state index contributed by atoms with van der Waals surface area (Å²) >= 11 is 0. The first-order valence-corrected chi connectivity index (χ1v) is 6.51. The molecule has 1 aromatic rings. The maximum absolute atomic E-state index is 10.8. The topological polar surface area (TPSA) is 40.5 Å². The molecule has 3 heteroatoms. The van der Waals surface area contributed by atoms with Gasteiger partial charge in [0.1, 0.15) is 0 Å². The first-order valence-electron chi connectivity index (χ1n) is 6.51. The summed E-state index contributed by atoms with van der Waals surface area (Å²) in [6, 6.07) is 7.22. The molecule has 0 amide bonds. The lowest BCUT2D eigenvalue weighted by atomic mass is 9.84. The molecular formula is C15H21NO2. The van der Waals surface area contributed by atoms with Crippen molar-refractivity contribution in [3.63, 3.8) is 0 Å². The van der Waals surface area contributed by atoms with E-state index in [0.29, 0.717) is 11.0 Å². The molecule has 0 saturated carbocycles. The van der Waals surface area contributed by atoms with Gasteiger partial charge in [-0.3, -0.25) is 4.90 Å². The summed E-state index contributed by atoms with van der Waals surface area (Å²) in [7, 11) is 0. The summed E-state index contributed by atoms with van der Waals surface area (Å²) in [5.41, 5.74) is 1.95. The Morgan fingerprint density at radius 2 is 2.00 bits per heavy atom. The molecule has 1 heterocycles. The standard InChI is InChI=1S/C15H21NO2/c1-15(2)8-3-9-16(11-15)10-12-4-6-13(7-5-12)14(17)18/h4-7H,3,8-11H2,1-2H3,(H,17,18). The Hall–Kier alpha value is -1.35. The normalized spacial score (nSPS) is 19.7. The molecule has 18 heavy (non-hydrogen) atoms. The van der Waals surface area contributed by atoms with Gasteiger partial charge in [0.25, 0.3) is 0 Å². The smallest absolute Gasteiger partial charge is 0.335 e. The summed E-state index contributed by atoms with van der Waals surface area (Å²) in [4.78, 5) is 13.2. The third-order valence-corrected chi connectivity index (χ3v) is 3.59. The van der Waals surface area contributed by atoms with Crippen LogP contribution < -0.4 is 0 Å². The molecular weight excluding hydrogens is 226 g/mol. The molecule has 0 radical (unpaired) electrons. The molecule has 0 atom stereocenters. The maximum atomic E-state index is 10.8. The molecule has 1 fully saturated rings. The number of hydrogen-bond acceptors (Lipinski definition) is 2. The predicted molar refractivity (Wildman–Crippen MR) is 71.7 cm³/mol. The van der Waals surface area contributed by atoms with Crippen molar-refractivity contribution in [3.8, 4) is 0 Å². The average Bonchev–Trinajstić information content (AvgIpc) is 2.28. The van der Waals surface area contributed by atoms with Crippen molar-refractivity contribution in [2.24, 2.45) is 5.41 Å². The van der Waals surface area contributed by atoms with E-state index in [1.807, 2.05) is 12.1 Å². The molecule has 0 bridgehead atoms. The molecule has 0 aliphatic carbocycles. The van der Waals surface area contributed by atoms with Gasteiger partial charge in [-0.05, 0) is 42.5 Å². The molecule has 1 aliphatic heterocycles. The number of aromatic carboxylic acids is 1. The Morgan fingerprint density at radius 3 is 2.56 bits per heavy atom. The molecule has 1 N–H and O–H groups in total. The Balaban J connectivity index is 1.99. The highest BCUT2D eigenvalue weighted by molar-refractivity contribution is 5.87. The van der Waals surface area contributed by atoms with Crippen molar-refractivity contribution >= 4 is 5.97 Å². The van der Waals surface area contributed by atoms with Crippen LogP contribution in [0.25, 0.3) is 0 Å². The van der Waals surface area contributed by atoms with Crippen LogP contribution in [0.1, 0.15) is 42.6 Å². The van der Waals surface area contributed by atoms with Gasteiger partial charge in [-0.15, -0.1) is 0 Å². The monoisotopic (exact) mass is 247 g/mol. The highest BCUT2D eigenvalue weighted by Crippen LogP contribution is 2.29. The van der Waals surface area contributed by atoms with Crippen LogP contribution in [-0.4, -0.2) is 29.1 Å². The van der Waals surface area contributed by atoms with Crippen LogP contribution in [-0.2, 0) is 6.54 Å². The molecule has 2 rings (SSSR count). The number of carbonyl (C=O) groups is 1. The largest absolute Gasteiger partial charge is 0.478 e. The second-order valence-electron chi connectivity index (χ2n) is 5.98. The van der Waals surface area contributed by atoms with Gasteiger partial charge >= 0.3 is 5.97 Å². The van der Waals surface area contributed by atoms with Crippen LogP contribution >= 0.6 is 0 Å². The highest BCUT2D eigenvalue weighted by Gasteiger charge is 2.26. The van der Waals surface area contributed by atoms with E-state index in [4.69, 9.17) is 5.11 Å². The SMILES string of the molecule is CC1(C)CCCN(Cc2ccc(C(=O)O)cc2)C1. The lowest BCUT2D eigenvalue weighted by molar-refractivity contribution is 0.0697. The van der Waals surface area contributed by atoms with Crippen molar-refractivity contribution in [1.82, 2.24) is 4.90 Å². The fourth-order valence-electron chi connectivity index (χ4n) is 2.69. The number of piperidine rings is 1. The second kappa shape index (κ2) is 5.11. The van der Waals surface area contributed by atoms with E-state index in [0.717, 1.165) is 19.6 Å². The second-order valence-corrected chi connectivity index (χ2v) is 5.98. The summed E-state index contributed by atoms with van der Waals surface area (Å²) in [6.07, 6.45) is 2.54. The van der Waals surface area contributed by atoms with Crippen molar-refractivity contribution in [2.75, 3.05) is 13.1 Å². The van der Waals surface area contributed by atoms with Gasteiger partial charge in [-0.25, -0.2) is 4.79 Å². The molecule has 0 aromatic heterocycles. The Morgan fingerprint density at radius 1 is 1.33 bits per heavy atom. The van der Waals surface area contributed by atoms with Gasteiger partial charge in [0.05, 0.1) is 5.56 Å². The Kier molecular flexibility index (Phi) is 3.71. The number of nitrogens with zero attached hydrogens (tertiary/aromatic N) is 1. The fraction of sp³-hybridized carbons (Fsp3) is 0.533. The van der Waals surface area contributed by atoms with E-state index in [-0.39, 0.29) is 0 Å². The van der Waals surface area contributed by atoms with Crippen LogP contribution in [0.3, 0.4) is 0 Å². The number of carboxylic acids is 1. The average molecular weight is 247 g/mol. The number of rotatable bonds is 3. The zero-order chi connectivity index (χ0) is 13.2. The van der Waals surface area contributed by atoms with E-state index in [1.165, 1.54) is 18.4 Å². The van der Waals surface area contributed by atoms with Gasteiger partial charge in [-0.1, -0.05) is 26.0 Å². The van der Waals surface area contributed by atoms with Gasteiger partial charge in [0.15, 0.2) is 0 Å². The summed E-state index contributed by atoms with van der Waals surface area (Å²) in [6.45, 7) is 7.81. The summed E-state index contributed by atoms with van der Waals surface area (Å²) in [5.74, 6) is -0.861. The quantitative estimate of drug-likeness (QED) is 0.892. The van der Waals surface area contributed by atoms with Gasteiger partial charge in [0.2, 0.25) is 0 Å². The zero-order valence-corrected chi connectivity index (χ0v) is 11.1. The molecule has 3 nitrogen and oxygen atoms in total. The van der Waals surface area contributed by atoms with E-state index < -0.39 is 5.97 Å². The molecule has 98 valence electrons. The van der Waals surface area contributed by atoms with Gasteiger partial charge < -0.3 is 5.11 Å². The molecule has 0 unspecified atom stereocenters. The lowest BCUT2D eigenvalue weighted by Gasteiger charge is -2.38. The first kappa shape index (κ1) is 13.1. The highest BCUT2D eigenvalue weighted by atomic mass is 16.4. The third-order valence-electron chi connectivity index (χ3n) is 3.59. The van der Waals surface area contributed by atoms with Crippen LogP contribution in [0, 0.1) is 5.41 Å². The van der Waals surface area contributed by atoms with E-state index in [2.05, 4.69) is 18.7 Å². The van der Waals surface area contributed by atoms with Crippen molar-refractivity contribution in [3.05, 3.63) is 35.4 Å². The fourth-order valence-corrected chi connectivity index (χ4v) is 2.69. The van der Waals surface area contributed by atoms with Crippen LogP contribution in [0.5, 0.6) is 0 Å². The zero-order valence-electron chi connectivity index (χ0n) is 11.1. The first-order chi connectivity index (χ1) is 8.46. The number of carboxylic acid groups (broad SMARTS) is 1. The van der Waals surface area contributed by atoms with Crippen molar-refractivity contribution in [1.29, 1.82) is 0 Å². The minimum Gasteiger partial charge on any atom is -0.478 e. The van der Waals surface area contributed by atoms with E-state index in [9.17, 15) is 4.79 Å². The van der Waals surface area contributed by atoms with E-state index in [1.54, 1.807) is 12.1 Å². The number of hydrogen-bond donors (Lipinski definition) is 1. The minimum absolute atomic E-state index is 0.359. The Labute approximate surface area is 108 Å². The van der Waals surface area contributed by atoms with Gasteiger partial charge in [-0.2, -0.15) is 0 Å². The van der Waals surface area contributed by atoms with Crippen molar-refractivity contribution in [2.45, 2.75) is 33.2 Å².